The molecule has 3 aromatic rings. The Kier molecular flexibility index (Phi) is 5.54. The maximum absolute atomic E-state index is 14.3. The molecular weight excluding hydrogens is 387 g/mol. The summed E-state index contributed by atoms with van der Waals surface area (Å²) in [4.78, 5) is 3.04. The molecule has 0 amide bonds. The number of aromatic nitrogens is 1. The molecule has 0 bridgehead atoms. The van der Waals surface area contributed by atoms with E-state index in [4.69, 9.17) is 16.9 Å². The van der Waals surface area contributed by atoms with Gasteiger partial charge in [0, 0.05) is 40.8 Å². The number of nitrogens with one attached hydrogen (secondary N) is 1. The van der Waals surface area contributed by atoms with Gasteiger partial charge in [-0.3, -0.25) is 0 Å². The van der Waals surface area contributed by atoms with Crippen LogP contribution < -0.4 is 0 Å². The standard InChI is InChI=1S/C20H18ClFN2O2S/c1-27(25,26)12-18-19(22)9-8-16-17(11-24-20(16)18)15(3-2-10-23)13-4-6-14(21)7-5-13/h4-9,11,15,24H,2-3,12H2,1H3. The fourth-order valence-electron chi connectivity index (χ4n) is 3.35. The summed E-state index contributed by atoms with van der Waals surface area (Å²) in [5, 5.41) is 10.4. The van der Waals surface area contributed by atoms with Gasteiger partial charge in [-0.05, 0) is 41.8 Å². The van der Waals surface area contributed by atoms with Gasteiger partial charge in [-0.15, -0.1) is 0 Å². The molecule has 3 rings (SSSR count). The van der Waals surface area contributed by atoms with E-state index in [0.717, 1.165) is 22.8 Å². The van der Waals surface area contributed by atoms with Gasteiger partial charge in [-0.25, -0.2) is 12.8 Å². The van der Waals surface area contributed by atoms with Gasteiger partial charge < -0.3 is 4.98 Å². The van der Waals surface area contributed by atoms with Gasteiger partial charge in [0.25, 0.3) is 0 Å². The van der Waals surface area contributed by atoms with E-state index in [1.165, 1.54) is 6.07 Å². The van der Waals surface area contributed by atoms with E-state index < -0.39 is 15.7 Å². The van der Waals surface area contributed by atoms with E-state index >= 15 is 0 Å². The molecule has 7 heteroatoms. The number of halogens is 2. The van der Waals surface area contributed by atoms with E-state index in [1.807, 2.05) is 12.1 Å². The highest BCUT2D eigenvalue weighted by atomic mass is 35.5. The molecule has 1 N–H and O–H groups in total. The molecule has 140 valence electrons. The zero-order chi connectivity index (χ0) is 19.6. The van der Waals surface area contributed by atoms with Crippen molar-refractivity contribution >= 4 is 32.3 Å². The minimum absolute atomic E-state index is 0.0905. The highest BCUT2D eigenvalue weighted by Crippen LogP contribution is 2.36. The molecule has 0 saturated carbocycles. The largest absolute Gasteiger partial charge is 0.361 e. The zero-order valence-electron chi connectivity index (χ0n) is 14.7. The van der Waals surface area contributed by atoms with Crippen molar-refractivity contribution in [1.82, 2.24) is 4.98 Å². The Labute approximate surface area is 162 Å². The second kappa shape index (κ2) is 7.71. The van der Waals surface area contributed by atoms with E-state index in [1.54, 1.807) is 24.4 Å². The molecule has 0 radical (unpaired) electrons. The van der Waals surface area contributed by atoms with Crippen LogP contribution in [0.5, 0.6) is 0 Å². The fraction of sp³-hybridized carbons (Fsp3) is 0.250. The first-order valence-corrected chi connectivity index (χ1v) is 10.8. The Morgan fingerprint density at radius 3 is 2.56 bits per heavy atom. The summed E-state index contributed by atoms with van der Waals surface area (Å²) in [5.74, 6) is -1.02. The normalized spacial score (nSPS) is 12.8. The summed E-state index contributed by atoms with van der Waals surface area (Å²) in [6.07, 6.45) is 3.80. The van der Waals surface area contributed by atoms with Crippen molar-refractivity contribution < 1.29 is 12.8 Å². The molecule has 0 spiro atoms. The summed E-state index contributed by atoms with van der Waals surface area (Å²) < 4.78 is 37.7. The third-order valence-corrected chi connectivity index (χ3v) is 5.60. The number of hydrogen-bond donors (Lipinski definition) is 1. The minimum Gasteiger partial charge on any atom is -0.361 e. The number of nitrogens with zero attached hydrogens (tertiary/aromatic N) is 1. The molecule has 0 aliphatic rings. The Bertz CT molecular complexity index is 1120. The first kappa shape index (κ1) is 19.4. The number of hydrogen-bond acceptors (Lipinski definition) is 3. The predicted octanol–water partition coefficient (Wildman–Crippen LogP) is 4.94. The van der Waals surface area contributed by atoms with Gasteiger partial charge in [0.05, 0.1) is 17.3 Å². The maximum atomic E-state index is 14.3. The average Bonchev–Trinajstić information content (AvgIpc) is 3.02. The molecule has 1 atom stereocenters. The van der Waals surface area contributed by atoms with Crippen LogP contribution in [0.1, 0.15) is 35.4 Å². The molecule has 4 nitrogen and oxygen atoms in total. The highest BCUT2D eigenvalue weighted by Gasteiger charge is 2.21. The number of aromatic amines is 1. The van der Waals surface area contributed by atoms with Crippen LogP contribution in [0.25, 0.3) is 10.9 Å². The average molecular weight is 405 g/mol. The Balaban J connectivity index is 2.14. The third-order valence-electron chi connectivity index (χ3n) is 4.54. The highest BCUT2D eigenvalue weighted by molar-refractivity contribution is 7.89. The van der Waals surface area contributed by atoms with Crippen LogP contribution in [0.15, 0.2) is 42.6 Å². The van der Waals surface area contributed by atoms with E-state index in [2.05, 4.69) is 11.1 Å². The SMILES string of the molecule is CS(=O)(=O)Cc1c(F)ccc2c(C(CCC#N)c3ccc(Cl)cc3)c[nH]c12. The molecule has 0 fully saturated rings. The monoisotopic (exact) mass is 404 g/mol. The fourth-order valence-corrected chi connectivity index (χ4v) is 4.29. The number of rotatable bonds is 6. The molecule has 1 aromatic heterocycles. The molecule has 27 heavy (non-hydrogen) atoms. The van der Waals surface area contributed by atoms with Gasteiger partial charge >= 0.3 is 0 Å². The third kappa shape index (κ3) is 4.32. The van der Waals surface area contributed by atoms with Crippen LogP contribution in [0.3, 0.4) is 0 Å². The lowest BCUT2D eigenvalue weighted by Gasteiger charge is -2.16. The summed E-state index contributed by atoms with van der Waals surface area (Å²) >= 11 is 5.98. The number of benzene rings is 2. The quantitative estimate of drug-likeness (QED) is 0.632. The lowest BCUT2D eigenvalue weighted by molar-refractivity contribution is 0.592. The van der Waals surface area contributed by atoms with Crippen LogP contribution in [0.4, 0.5) is 4.39 Å². The van der Waals surface area contributed by atoms with E-state index in [9.17, 15) is 12.8 Å². The van der Waals surface area contributed by atoms with Crippen molar-refractivity contribution in [2.75, 3.05) is 6.26 Å². The smallest absolute Gasteiger partial charge is 0.151 e. The second-order valence-corrected chi connectivity index (χ2v) is 9.14. The van der Waals surface area contributed by atoms with Crippen LogP contribution in [-0.2, 0) is 15.6 Å². The molecule has 0 aliphatic heterocycles. The lowest BCUT2D eigenvalue weighted by atomic mass is 9.87. The zero-order valence-corrected chi connectivity index (χ0v) is 16.2. The first-order chi connectivity index (χ1) is 12.8. The Hall–Kier alpha value is -2.36. The lowest BCUT2D eigenvalue weighted by Crippen LogP contribution is -2.04. The molecule has 0 saturated heterocycles. The number of nitriles is 1. The van der Waals surface area contributed by atoms with Crippen molar-refractivity contribution in [3.63, 3.8) is 0 Å². The summed E-state index contributed by atoms with van der Waals surface area (Å²) in [6.45, 7) is 0. The van der Waals surface area contributed by atoms with Gasteiger partial charge in [0.2, 0.25) is 0 Å². The van der Waals surface area contributed by atoms with Crippen molar-refractivity contribution in [2.45, 2.75) is 24.5 Å². The van der Waals surface area contributed by atoms with Gasteiger partial charge in [0.1, 0.15) is 5.82 Å². The Morgan fingerprint density at radius 2 is 1.93 bits per heavy atom. The van der Waals surface area contributed by atoms with Crippen molar-refractivity contribution in [3.8, 4) is 6.07 Å². The van der Waals surface area contributed by atoms with Crippen LogP contribution in [0.2, 0.25) is 5.02 Å². The van der Waals surface area contributed by atoms with Crippen molar-refractivity contribution in [2.24, 2.45) is 0 Å². The second-order valence-electron chi connectivity index (χ2n) is 6.56. The minimum atomic E-state index is -3.39. The van der Waals surface area contributed by atoms with Crippen molar-refractivity contribution in [3.05, 3.63) is 70.1 Å². The van der Waals surface area contributed by atoms with E-state index in [-0.39, 0.29) is 17.2 Å². The molecule has 0 aliphatic carbocycles. The van der Waals surface area contributed by atoms with Crippen LogP contribution in [-0.4, -0.2) is 19.7 Å². The van der Waals surface area contributed by atoms with Gasteiger partial charge in [-0.2, -0.15) is 5.26 Å². The number of sulfone groups is 1. The van der Waals surface area contributed by atoms with Gasteiger partial charge in [0.15, 0.2) is 9.84 Å². The van der Waals surface area contributed by atoms with Gasteiger partial charge in [-0.1, -0.05) is 23.7 Å². The summed E-state index contributed by atoms with van der Waals surface area (Å²) in [6, 6.07) is 12.5. The predicted molar refractivity (Wildman–Crippen MR) is 105 cm³/mol. The van der Waals surface area contributed by atoms with E-state index in [0.29, 0.717) is 23.4 Å². The van der Waals surface area contributed by atoms with Crippen molar-refractivity contribution in [1.29, 1.82) is 5.26 Å². The topological polar surface area (TPSA) is 73.7 Å². The van der Waals surface area contributed by atoms with Crippen LogP contribution in [0, 0.1) is 17.1 Å². The maximum Gasteiger partial charge on any atom is 0.151 e. The first-order valence-electron chi connectivity index (χ1n) is 8.38. The Morgan fingerprint density at radius 1 is 1.22 bits per heavy atom. The number of fused-ring (bicyclic) bond motifs is 1. The summed E-state index contributed by atoms with van der Waals surface area (Å²) in [5.41, 5.74) is 2.50. The van der Waals surface area contributed by atoms with Crippen LogP contribution >= 0.6 is 11.6 Å². The molecule has 1 unspecified atom stereocenters. The molecule has 2 aromatic carbocycles. The molecular formula is C20H18ClFN2O2S. The number of H-pyrrole nitrogens is 1. The molecule has 1 heterocycles. The summed E-state index contributed by atoms with van der Waals surface area (Å²) in [7, 11) is -3.39.